The lowest BCUT2D eigenvalue weighted by Gasteiger charge is -2.16. The van der Waals surface area contributed by atoms with E-state index in [0.29, 0.717) is 0 Å². The number of ether oxygens (including phenoxy) is 3. The second-order valence-electron chi connectivity index (χ2n) is 6.59. The first kappa shape index (κ1) is 26.1. The van der Waals surface area contributed by atoms with E-state index < -0.39 is 33.0 Å². The molecule has 2 aromatic rings. The number of hydrogen-bond donors (Lipinski definition) is 3. The van der Waals surface area contributed by atoms with Crippen LogP contribution in [0, 0.1) is 0 Å². The van der Waals surface area contributed by atoms with E-state index in [1.165, 1.54) is 46.5 Å². The highest BCUT2D eigenvalue weighted by Crippen LogP contribution is 2.23. The third kappa shape index (κ3) is 6.68. The number of carbonyl (C=O) groups excluding carboxylic acids is 3. The number of aromatic nitrogens is 2. The molecule has 0 radical (unpaired) electrons. The molecule has 0 fully saturated rings. The molecule has 14 nitrogen and oxygen atoms in total. The third-order valence-corrected chi connectivity index (χ3v) is 5.35. The molecule has 0 aliphatic carbocycles. The second-order valence-corrected chi connectivity index (χ2v) is 8.24. The number of sulfonamides is 1. The molecule has 0 bridgehead atoms. The molecular formula is C19H24N6O8S. The number of methoxy groups -OCH3 is 2. The minimum absolute atomic E-state index is 0.0235. The quantitative estimate of drug-likeness (QED) is 0.482. The van der Waals surface area contributed by atoms with E-state index in [2.05, 4.69) is 20.6 Å². The van der Waals surface area contributed by atoms with Gasteiger partial charge in [0.25, 0.3) is 15.9 Å². The smallest absolute Gasteiger partial charge is 0.411 e. The maximum absolute atomic E-state index is 13.0. The molecule has 0 aliphatic heterocycles. The molecule has 184 valence electrons. The van der Waals surface area contributed by atoms with Crippen LogP contribution in [0.4, 0.5) is 21.2 Å². The Morgan fingerprint density at radius 2 is 1.62 bits per heavy atom. The van der Waals surface area contributed by atoms with Gasteiger partial charge in [-0.2, -0.15) is 9.97 Å². The molecular weight excluding hydrogens is 472 g/mol. The summed E-state index contributed by atoms with van der Waals surface area (Å²) in [4.78, 5) is 45.0. The van der Waals surface area contributed by atoms with Gasteiger partial charge in [0.2, 0.25) is 17.7 Å². The topological polar surface area (TPSA) is 178 Å². The maximum atomic E-state index is 13.0. The van der Waals surface area contributed by atoms with E-state index in [0.717, 1.165) is 11.0 Å². The van der Waals surface area contributed by atoms with Crippen molar-refractivity contribution in [1.82, 2.24) is 19.6 Å². The first-order chi connectivity index (χ1) is 16.0. The van der Waals surface area contributed by atoms with Gasteiger partial charge < -0.3 is 19.1 Å². The fraction of sp³-hybridized carbons (Fsp3) is 0.316. The number of nitrogens with zero attached hydrogens (tertiary/aromatic N) is 3. The van der Waals surface area contributed by atoms with Crippen LogP contribution in [0.1, 0.15) is 17.3 Å². The summed E-state index contributed by atoms with van der Waals surface area (Å²) in [7, 11) is 0.905. The van der Waals surface area contributed by atoms with Crippen LogP contribution in [0.2, 0.25) is 0 Å². The van der Waals surface area contributed by atoms with Gasteiger partial charge in [0.1, 0.15) is 4.90 Å². The SMILES string of the molecule is CCOC(=O)Nc1ccc(C(=O)N(C)C)c(S(=O)(=O)NC(=O)Nc2nc(OC)cc(OC)n2)c1. The molecule has 4 amide bonds. The van der Waals surface area contributed by atoms with E-state index in [1.807, 2.05) is 0 Å². The lowest BCUT2D eigenvalue weighted by atomic mass is 10.2. The summed E-state index contributed by atoms with van der Waals surface area (Å²) in [6.45, 7) is 1.69. The van der Waals surface area contributed by atoms with Gasteiger partial charge in [-0.3, -0.25) is 15.4 Å². The number of rotatable bonds is 8. The largest absolute Gasteiger partial charge is 0.481 e. The predicted molar refractivity (Wildman–Crippen MR) is 120 cm³/mol. The van der Waals surface area contributed by atoms with Gasteiger partial charge >= 0.3 is 12.1 Å². The summed E-state index contributed by atoms with van der Waals surface area (Å²) in [5, 5.41) is 4.50. The van der Waals surface area contributed by atoms with Crippen LogP contribution in [-0.4, -0.2) is 76.2 Å². The van der Waals surface area contributed by atoms with Crippen LogP contribution in [0.5, 0.6) is 11.8 Å². The van der Waals surface area contributed by atoms with Crippen molar-refractivity contribution in [2.45, 2.75) is 11.8 Å². The molecule has 1 aromatic carbocycles. The Morgan fingerprint density at radius 1 is 1.00 bits per heavy atom. The molecule has 0 aliphatic rings. The number of nitrogens with one attached hydrogen (secondary N) is 3. The molecule has 0 saturated carbocycles. The van der Waals surface area contributed by atoms with E-state index in [1.54, 1.807) is 11.6 Å². The Labute approximate surface area is 195 Å². The van der Waals surface area contributed by atoms with Crippen LogP contribution in [0.25, 0.3) is 0 Å². The monoisotopic (exact) mass is 496 g/mol. The second kappa shape index (κ2) is 11.1. The van der Waals surface area contributed by atoms with Crippen LogP contribution in [-0.2, 0) is 14.8 Å². The highest BCUT2D eigenvalue weighted by Gasteiger charge is 2.27. The van der Waals surface area contributed by atoms with Crippen LogP contribution < -0.4 is 24.8 Å². The average molecular weight is 497 g/mol. The van der Waals surface area contributed by atoms with Crippen LogP contribution in [0.15, 0.2) is 29.2 Å². The van der Waals surface area contributed by atoms with Crippen LogP contribution in [0.3, 0.4) is 0 Å². The molecule has 0 spiro atoms. The number of urea groups is 1. The standard InChI is InChI=1S/C19H24N6O8S/c1-6-33-19(28)20-11-7-8-12(16(26)25(2)3)13(9-11)34(29,30)24-18(27)23-17-21-14(31-4)10-15(22-17)32-5/h7-10H,6H2,1-5H3,(H,20,28)(H2,21,22,23,24,27). The maximum Gasteiger partial charge on any atom is 0.411 e. The highest BCUT2D eigenvalue weighted by molar-refractivity contribution is 7.90. The first-order valence-electron chi connectivity index (χ1n) is 9.61. The zero-order valence-electron chi connectivity index (χ0n) is 19.0. The van der Waals surface area contributed by atoms with Crippen molar-refractivity contribution >= 4 is 39.7 Å². The van der Waals surface area contributed by atoms with Gasteiger partial charge in [-0.15, -0.1) is 0 Å². The number of benzene rings is 1. The molecule has 0 saturated heterocycles. The van der Waals surface area contributed by atoms with Crippen molar-refractivity contribution in [2.75, 3.05) is 45.6 Å². The summed E-state index contributed by atoms with van der Waals surface area (Å²) in [5.41, 5.74) is -0.214. The Bertz CT molecular complexity index is 1160. The average Bonchev–Trinajstić information content (AvgIpc) is 2.77. The van der Waals surface area contributed by atoms with Crippen molar-refractivity contribution < 1.29 is 37.0 Å². The molecule has 15 heteroatoms. The van der Waals surface area contributed by atoms with Gasteiger partial charge in [-0.1, -0.05) is 0 Å². The Balaban J connectivity index is 2.38. The molecule has 34 heavy (non-hydrogen) atoms. The summed E-state index contributed by atoms with van der Waals surface area (Å²) in [6, 6.07) is 3.67. The Morgan fingerprint density at radius 3 is 2.15 bits per heavy atom. The third-order valence-electron chi connectivity index (χ3n) is 3.98. The zero-order chi connectivity index (χ0) is 25.5. The number of hydrogen-bond acceptors (Lipinski definition) is 10. The van der Waals surface area contributed by atoms with Crippen molar-refractivity contribution in [3.8, 4) is 11.8 Å². The molecule has 3 N–H and O–H groups in total. The number of amides is 4. The lowest BCUT2D eigenvalue weighted by molar-refractivity contribution is 0.0824. The Hall–Kier alpha value is -4.14. The molecule has 1 heterocycles. The fourth-order valence-corrected chi connectivity index (χ4v) is 3.63. The van der Waals surface area contributed by atoms with Gasteiger partial charge in [0.15, 0.2) is 0 Å². The minimum atomic E-state index is -4.61. The van der Waals surface area contributed by atoms with Gasteiger partial charge in [0.05, 0.1) is 32.5 Å². The molecule has 0 atom stereocenters. The van der Waals surface area contributed by atoms with Crippen molar-refractivity contribution in [1.29, 1.82) is 0 Å². The predicted octanol–water partition coefficient (Wildman–Crippen LogP) is 1.27. The summed E-state index contributed by atoms with van der Waals surface area (Å²) >= 11 is 0. The van der Waals surface area contributed by atoms with Crippen molar-refractivity contribution in [2.24, 2.45) is 0 Å². The van der Waals surface area contributed by atoms with Crippen molar-refractivity contribution in [3.05, 3.63) is 29.8 Å². The van der Waals surface area contributed by atoms with E-state index in [9.17, 15) is 22.8 Å². The van der Waals surface area contributed by atoms with Gasteiger partial charge in [-0.25, -0.2) is 22.7 Å². The fourth-order valence-electron chi connectivity index (χ4n) is 2.50. The molecule has 2 rings (SSSR count). The first-order valence-corrected chi connectivity index (χ1v) is 11.1. The number of anilines is 2. The van der Waals surface area contributed by atoms with Crippen LogP contribution >= 0.6 is 0 Å². The Kier molecular flexibility index (Phi) is 8.55. The van der Waals surface area contributed by atoms with Gasteiger partial charge in [-0.05, 0) is 25.1 Å². The minimum Gasteiger partial charge on any atom is -0.481 e. The van der Waals surface area contributed by atoms with E-state index in [-0.39, 0.29) is 35.6 Å². The summed E-state index contributed by atoms with van der Waals surface area (Å²) < 4.78 is 42.5. The molecule has 0 unspecified atom stereocenters. The zero-order valence-corrected chi connectivity index (χ0v) is 19.8. The van der Waals surface area contributed by atoms with Crippen molar-refractivity contribution in [3.63, 3.8) is 0 Å². The van der Waals surface area contributed by atoms with E-state index >= 15 is 0 Å². The van der Waals surface area contributed by atoms with E-state index in [4.69, 9.17) is 14.2 Å². The summed E-state index contributed by atoms with van der Waals surface area (Å²) in [5.74, 6) is -0.834. The number of carbonyl (C=O) groups is 3. The summed E-state index contributed by atoms with van der Waals surface area (Å²) in [6.07, 6.45) is -0.827. The lowest BCUT2D eigenvalue weighted by Crippen LogP contribution is -2.36. The highest BCUT2D eigenvalue weighted by atomic mass is 32.2. The molecule has 1 aromatic heterocycles. The van der Waals surface area contributed by atoms with Gasteiger partial charge in [0, 0.05) is 19.8 Å². The normalized spacial score (nSPS) is 10.6.